The molecule has 4 nitrogen and oxygen atoms in total. The third-order valence-electron chi connectivity index (χ3n) is 3.85. The van der Waals surface area contributed by atoms with E-state index < -0.39 is 17.6 Å². The second-order valence-corrected chi connectivity index (χ2v) is 5.94. The van der Waals surface area contributed by atoms with Crippen LogP contribution in [0.2, 0.25) is 0 Å². The largest absolute Gasteiger partial charge is 0.415 e. The molecule has 0 aromatic carbocycles. The minimum absolute atomic E-state index is 0.118. The molecular weight excluding hydrogens is 271 g/mol. The van der Waals surface area contributed by atoms with Gasteiger partial charge in [0.2, 0.25) is 0 Å². The highest BCUT2D eigenvalue weighted by atomic mass is 19.4. The number of nitrogens with two attached hydrogens (primary N) is 1. The molecule has 0 aromatic heterocycles. The molecule has 0 saturated heterocycles. The van der Waals surface area contributed by atoms with Crippen LogP contribution in [0.3, 0.4) is 0 Å². The van der Waals surface area contributed by atoms with E-state index in [1.165, 1.54) is 4.90 Å². The van der Waals surface area contributed by atoms with Crippen molar-refractivity contribution in [1.82, 2.24) is 9.80 Å². The third-order valence-corrected chi connectivity index (χ3v) is 3.85. The lowest BCUT2D eigenvalue weighted by atomic mass is 9.99. The Kier molecular flexibility index (Phi) is 5.43. The minimum atomic E-state index is -4.74. The van der Waals surface area contributed by atoms with E-state index in [2.05, 4.69) is 0 Å². The van der Waals surface area contributed by atoms with Crippen LogP contribution in [-0.4, -0.2) is 60.6 Å². The van der Waals surface area contributed by atoms with E-state index in [1.54, 1.807) is 0 Å². The van der Waals surface area contributed by atoms with Gasteiger partial charge in [-0.2, -0.15) is 13.2 Å². The van der Waals surface area contributed by atoms with Gasteiger partial charge < -0.3 is 15.5 Å². The van der Waals surface area contributed by atoms with Crippen LogP contribution in [0.25, 0.3) is 0 Å². The van der Waals surface area contributed by atoms with E-state index >= 15 is 0 Å². The molecule has 1 unspecified atom stereocenters. The van der Waals surface area contributed by atoms with Gasteiger partial charge in [-0.3, -0.25) is 4.79 Å². The molecule has 0 spiro atoms. The zero-order chi connectivity index (χ0) is 15.6. The Labute approximate surface area is 118 Å². The molecular formula is C13H24F3N3O. The highest BCUT2D eigenvalue weighted by Crippen LogP contribution is 2.32. The van der Waals surface area contributed by atoms with Crippen molar-refractivity contribution in [3.05, 3.63) is 0 Å². The van der Waals surface area contributed by atoms with E-state index in [0.717, 1.165) is 32.6 Å². The molecule has 0 radical (unpaired) electrons. The van der Waals surface area contributed by atoms with Crippen LogP contribution in [0.15, 0.2) is 0 Å². The summed E-state index contributed by atoms with van der Waals surface area (Å²) in [6.45, 7) is 1.56. The van der Waals surface area contributed by atoms with Gasteiger partial charge in [-0.25, -0.2) is 0 Å². The molecule has 1 aliphatic carbocycles. The first-order valence-electron chi connectivity index (χ1n) is 6.88. The molecule has 1 fully saturated rings. The molecule has 1 amide bonds. The first kappa shape index (κ1) is 17.2. The summed E-state index contributed by atoms with van der Waals surface area (Å²) in [5, 5.41) is 0. The topological polar surface area (TPSA) is 49.6 Å². The molecule has 7 heteroatoms. The second-order valence-electron chi connectivity index (χ2n) is 5.94. The lowest BCUT2D eigenvalue weighted by Crippen LogP contribution is -2.64. The number of halogens is 3. The Bertz CT molecular complexity index is 336. The van der Waals surface area contributed by atoms with Crippen molar-refractivity contribution in [3.8, 4) is 0 Å². The van der Waals surface area contributed by atoms with Crippen molar-refractivity contribution in [2.45, 2.75) is 50.4 Å². The molecule has 0 aliphatic heterocycles. The predicted molar refractivity (Wildman–Crippen MR) is 71.2 cm³/mol. The van der Waals surface area contributed by atoms with Gasteiger partial charge >= 0.3 is 6.18 Å². The maximum Gasteiger partial charge on any atom is 0.415 e. The number of hydrogen-bond donors (Lipinski definition) is 1. The van der Waals surface area contributed by atoms with Crippen molar-refractivity contribution in [2.24, 2.45) is 5.73 Å². The Morgan fingerprint density at radius 1 is 1.20 bits per heavy atom. The maximum absolute atomic E-state index is 12.9. The quantitative estimate of drug-likeness (QED) is 0.838. The van der Waals surface area contributed by atoms with Crippen molar-refractivity contribution in [3.63, 3.8) is 0 Å². The number of carbonyl (C=O) groups excluding carboxylic acids is 1. The number of nitrogens with zero attached hydrogens (tertiary/aromatic N) is 2. The maximum atomic E-state index is 12.9. The van der Waals surface area contributed by atoms with Gasteiger partial charge in [0.05, 0.1) is 0 Å². The molecule has 118 valence electrons. The molecule has 0 heterocycles. The Hall–Kier alpha value is -0.820. The van der Waals surface area contributed by atoms with Crippen molar-refractivity contribution in [2.75, 3.05) is 27.2 Å². The van der Waals surface area contributed by atoms with Gasteiger partial charge in [-0.15, -0.1) is 0 Å². The standard InChI is InChI=1S/C13H24F3N3O/c1-12(17,13(14,15)16)11(20)19(9-8-18(2)3)10-6-4-5-7-10/h10H,4-9,17H2,1-3H3. The van der Waals surface area contributed by atoms with E-state index in [-0.39, 0.29) is 12.6 Å². The molecule has 0 aromatic rings. The van der Waals surface area contributed by atoms with E-state index in [1.807, 2.05) is 19.0 Å². The van der Waals surface area contributed by atoms with Crippen molar-refractivity contribution >= 4 is 5.91 Å². The summed E-state index contributed by atoms with van der Waals surface area (Å²) in [7, 11) is 3.64. The normalized spacial score (nSPS) is 20.2. The lowest BCUT2D eigenvalue weighted by Gasteiger charge is -2.37. The number of rotatable bonds is 5. The number of hydrogen-bond acceptors (Lipinski definition) is 3. The lowest BCUT2D eigenvalue weighted by molar-refractivity contribution is -0.195. The Balaban J connectivity index is 2.88. The van der Waals surface area contributed by atoms with Gasteiger partial charge in [0.25, 0.3) is 5.91 Å². The second kappa shape index (κ2) is 6.30. The number of likely N-dealkylation sites (N-methyl/N-ethyl adjacent to an activating group) is 1. The van der Waals surface area contributed by atoms with E-state index in [0.29, 0.717) is 6.54 Å². The summed E-state index contributed by atoms with van der Waals surface area (Å²) in [5.41, 5.74) is 2.46. The molecule has 0 bridgehead atoms. The number of amides is 1. The fraction of sp³-hybridized carbons (Fsp3) is 0.923. The van der Waals surface area contributed by atoms with Crippen molar-refractivity contribution < 1.29 is 18.0 Å². The number of alkyl halides is 3. The fourth-order valence-electron chi connectivity index (χ4n) is 2.39. The van der Waals surface area contributed by atoms with Crippen molar-refractivity contribution in [1.29, 1.82) is 0 Å². The molecule has 2 N–H and O–H groups in total. The molecule has 1 aliphatic rings. The zero-order valence-electron chi connectivity index (χ0n) is 12.3. The summed E-state index contributed by atoms with van der Waals surface area (Å²) >= 11 is 0. The van der Waals surface area contributed by atoms with Crippen LogP contribution in [0, 0.1) is 0 Å². The fourth-order valence-corrected chi connectivity index (χ4v) is 2.39. The Morgan fingerprint density at radius 2 is 1.70 bits per heavy atom. The van der Waals surface area contributed by atoms with E-state index in [4.69, 9.17) is 5.73 Å². The molecule has 1 atom stereocenters. The molecule has 1 saturated carbocycles. The highest BCUT2D eigenvalue weighted by Gasteiger charge is 2.56. The average Bonchev–Trinajstić information content (AvgIpc) is 2.80. The molecule has 20 heavy (non-hydrogen) atoms. The van der Waals surface area contributed by atoms with Crippen LogP contribution in [0.5, 0.6) is 0 Å². The van der Waals surface area contributed by atoms with Crippen LogP contribution >= 0.6 is 0 Å². The average molecular weight is 295 g/mol. The predicted octanol–water partition coefficient (Wildman–Crippen LogP) is 1.60. The summed E-state index contributed by atoms with van der Waals surface area (Å²) in [6, 6.07) is -0.118. The Morgan fingerprint density at radius 3 is 2.10 bits per heavy atom. The summed E-state index contributed by atoms with van der Waals surface area (Å²) in [4.78, 5) is 15.5. The third kappa shape index (κ3) is 3.85. The smallest absolute Gasteiger partial charge is 0.337 e. The van der Waals surface area contributed by atoms with Crippen LogP contribution in [0.1, 0.15) is 32.6 Å². The number of carbonyl (C=O) groups is 1. The first-order chi connectivity index (χ1) is 9.07. The highest BCUT2D eigenvalue weighted by molar-refractivity contribution is 5.87. The monoisotopic (exact) mass is 295 g/mol. The van der Waals surface area contributed by atoms with Crippen LogP contribution in [-0.2, 0) is 4.79 Å². The van der Waals surface area contributed by atoms with Gasteiger partial charge in [0.1, 0.15) is 0 Å². The summed E-state index contributed by atoms with van der Waals surface area (Å²) in [5.74, 6) is -1.02. The van der Waals surface area contributed by atoms with Gasteiger partial charge in [0, 0.05) is 19.1 Å². The SMILES string of the molecule is CN(C)CCN(C(=O)C(C)(N)C(F)(F)F)C1CCCC1. The van der Waals surface area contributed by atoms with Crippen LogP contribution < -0.4 is 5.73 Å². The van der Waals surface area contributed by atoms with E-state index in [9.17, 15) is 18.0 Å². The summed E-state index contributed by atoms with van der Waals surface area (Å²) in [6.07, 6.45) is -1.33. The van der Waals surface area contributed by atoms with Gasteiger partial charge in [-0.05, 0) is 33.9 Å². The summed E-state index contributed by atoms with van der Waals surface area (Å²) < 4.78 is 38.8. The minimum Gasteiger partial charge on any atom is -0.337 e. The molecule has 1 rings (SSSR count). The van der Waals surface area contributed by atoms with Gasteiger partial charge in [0.15, 0.2) is 5.54 Å². The zero-order valence-corrected chi connectivity index (χ0v) is 12.3. The first-order valence-corrected chi connectivity index (χ1v) is 6.88. The van der Waals surface area contributed by atoms with Crippen LogP contribution in [0.4, 0.5) is 13.2 Å². The van der Waals surface area contributed by atoms with Gasteiger partial charge in [-0.1, -0.05) is 12.8 Å².